The summed E-state index contributed by atoms with van der Waals surface area (Å²) in [5.41, 5.74) is 0.461. The second-order valence-electron chi connectivity index (χ2n) is 6.48. The minimum Gasteiger partial charge on any atom is -0.467 e. The molecule has 118 valence electrons. The smallest absolute Gasteiger partial charge is 0.322 e. The number of aromatic nitrogens is 3. The third kappa shape index (κ3) is 4.72. The summed E-state index contributed by atoms with van der Waals surface area (Å²) in [4.78, 5) is 12.9. The molecule has 0 radical (unpaired) electrons. The maximum Gasteiger partial charge on any atom is 0.322 e. The van der Waals surface area contributed by atoms with E-state index in [0.717, 1.165) is 25.8 Å². The molecular weight excluding hydrogens is 266 g/mol. The summed E-state index contributed by atoms with van der Waals surface area (Å²) in [6.07, 6.45) is 5.79. The molecule has 0 aromatic carbocycles. The average Bonchev–Trinajstić information content (AvgIpc) is 2.47. The molecule has 0 aliphatic heterocycles. The molecule has 6 heteroatoms. The Morgan fingerprint density at radius 3 is 2.43 bits per heavy atom. The lowest BCUT2D eigenvalue weighted by Crippen LogP contribution is -2.30. The lowest BCUT2D eigenvalue weighted by Gasteiger charge is -2.34. The predicted molar refractivity (Wildman–Crippen MR) is 84.8 cm³/mol. The van der Waals surface area contributed by atoms with Crippen LogP contribution in [0, 0.1) is 5.41 Å². The Labute approximate surface area is 127 Å². The topological polar surface area (TPSA) is 72.0 Å². The van der Waals surface area contributed by atoms with Gasteiger partial charge in [0.25, 0.3) is 0 Å². The molecule has 0 spiro atoms. The molecule has 0 unspecified atom stereocenters. The van der Waals surface area contributed by atoms with Crippen molar-refractivity contribution in [2.75, 3.05) is 24.3 Å². The maximum absolute atomic E-state index is 5.16. The Bertz CT molecular complexity index is 453. The Morgan fingerprint density at radius 2 is 1.81 bits per heavy atom. The van der Waals surface area contributed by atoms with Crippen molar-refractivity contribution in [3.63, 3.8) is 0 Å². The zero-order valence-electron chi connectivity index (χ0n) is 13.6. The zero-order valence-corrected chi connectivity index (χ0v) is 13.6. The van der Waals surface area contributed by atoms with Crippen molar-refractivity contribution in [3.05, 3.63) is 0 Å². The molecule has 1 heterocycles. The normalized spacial score (nSPS) is 18.3. The highest BCUT2D eigenvalue weighted by atomic mass is 16.5. The van der Waals surface area contributed by atoms with Gasteiger partial charge in [-0.3, -0.25) is 0 Å². The van der Waals surface area contributed by atoms with Crippen LogP contribution in [-0.2, 0) is 0 Å². The van der Waals surface area contributed by atoms with Crippen molar-refractivity contribution >= 4 is 11.9 Å². The lowest BCUT2D eigenvalue weighted by atomic mass is 9.76. The van der Waals surface area contributed by atoms with E-state index in [2.05, 4.69) is 46.4 Å². The van der Waals surface area contributed by atoms with E-state index in [0.29, 0.717) is 29.4 Å². The van der Waals surface area contributed by atoms with Crippen molar-refractivity contribution < 1.29 is 4.74 Å². The summed E-state index contributed by atoms with van der Waals surface area (Å²) in [6.45, 7) is 7.61. The molecule has 0 saturated heterocycles. The van der Waals surface area contributed by atoms with E-state index >= 15 is 0 Å². The number of methoxy groups -OCH3 is 1. The fraction of sp³-hybridized carbons (Fsp3) is 0.800. The quantitative estimate of drug-likeness (QED) is 0.840. The molecule has 2 rings (SSSR count). The van der Waals surface area contributed by atoms with E-state index in [1.807, 2.05) is 0 Å². The molecule has 0 amide bonds. The third-order valence-electron chi connectivity index (χ3n) is 4.00. The van der Waals surface area contributed by atoms with Crippen molar-refractivity contribution in [2.45, 2.75) is 58.9 Å². The zero-order chi connectivity index (χ0) is 15.3. The van der Waals surface area contributed by atoms with Crippen LogP contribution < -0.4 is 15.4 Å². The third-order valence-corrected chi connectivity index (χ3v) is 4.00. The largest absolute Gasteiger partial charge is 0.467 e. The minimum atomic E-state index is 0.349. The van der Waals surface area contributed by atoms with Crippen LogP contribution in [0.1, 0.15) is 52.9 Å². The van der Waals surface area contributed by atoms with Gasteiger partial charge >= 0.3 is 6.01 Å². The van der Waals surface area contributed by atoms with Gasteiger partial charge in [-0.25, -0.2) is 0 Å². The van der Waals surface area contributed by atoms with Gasteiger partial charge in [-0.15, -0.1) is 0 Å². The standard InChI is InChI=1S/C15H27N5O/c1-5-10-16-12-18-13(20-14(19-12)21-4)17-11-6-8-15(2,3)9-7-11/h11H,5-10H2,1-4H3,(H2,16,17,18,19,20). The van der Waals surface area contributed by atoms with Gasteiger partial charge in [-0.1, -0.05) is 20.8 Å². The summed E-state index contributed by atoms with van der Waals surface area (Å²) in [5, 5.41) is 6.61. The maximum atomic E-state index is 5.16. The summed E-state index contributed by atoms with van der Waals surface area (Å²) in [7, 11) is 1.58. The number of nitrogens with one attached hydrogen (secondary N) is 2. The second-order valence-corrected chi connectivity index (χ2v) is 6.48. The Hall–Kier alpha value is -1.59. The van der Waals surface area contributed by atoms with Gasteiger partial charge in [0, 0.05) is 12.6 Å². The molecular formula is C15H27N5O. The molecule has 1 saturated carbocycles. The first-order valence-corrected chi connectivity index (χ1v) is 7.83. The van der Waals surface area contributed by atoms with Crippen molar-refractivity contribution in [2.24, 2.45) is 5.41 Å². The Kier molecular flexibility index (Phi) is 5.20. The molecule has 1 aromatic heterocycles. The first kappa shape index (κ1) is 15.8. The van der Waals surface area contributed by atoms with Crippen LogP contribution in [0.4, 0.5) is 11.9 Å². The van der Waals surface area contributed by atoms with Gasteiger partial charge in [0.2, 0.25) is 11.9 Å². The van der Waals surface area contributed by atoms with Crippen LogP contribution in [0.3, 0.4) is 0 Å². The first-order chi connectivity index (χ1) is 10.0. The van der Waals surface area contributed by atoms with Crippen LogP contribution in [0.5, 0.6) is 6.01 Å². The monoisotopic (exact) mass is 293 g/mol. The fourth-order valence-electron chi connectivity index (χ4n) is 2.55. The van der Waals surface area contributed by atoms with Crippen LogP contribution in [0.25, 0.3) is 0 Å². The summed E-state index contributed by atoms with van der Waals surface area (Å²) >= 11 is 0. The van der Waals surface area contributed by atoms with Gasteiger partial charge in [-0.05, 0) is 37.5 Å². The molecule has 0 bridgehead atoms. The molecule has 6 nitrogen and oxygen atoms in total. The average molecular weight is 293 g/mol. The van der Waals surface area contributed by atoms with Crippen LogP contribution >= 0.6 is 0 Å². The lowest BCUT2D eigenvalue weighted by molar-refractivity contribution is 0.232. The van der Waals surface area contributed by atoms with Crippen LogP contribution in [0.15, 0.2) is 0 Å². The molecule has 1 fully saturated rings. The molecule has 1 aliphatic rings. The van der Waals surface area contributed by atoms with Crippen LogP contribution in [0.2, 0.25) is 0 Å². The first-order valence-electron chi connectivity index (χ1n) is 7.83. The molecule has 2 N–H and O–H groups in total. The number of hydrogen-bond donors (Lipinski definition) is 2. The minimum absolute atomic E-state index is 0.349. The van der Waals surface area contributed by atoms with Gasteiger partial charge in [-0.2, -0.15) is 15.0 Å². The molecule has 21 heavy (non-hydrogen) atoms. The predicted octanol–water partition coefficient (Wildman–Crippen LogP) is 3.08. The van der Waals surface area contributed by atoms with Crippen molar-refractivity contribution in [1.29, 1.82) is 0 Å². The Balaban J connectivity index is 2.01. The highest BCUT2D eigenvalue weighted by Crippen LogP contribution is 2.35. The van der Waals surface area contributed by atoms with Gasteiger partial charge in [0.1, 0.15) is 0 Å². The number of anilines is 2. The van der Waals surface area contributed by atoms with E-state index in [4.69, 9.17) is 4.74 Å². The van der Waals surface area contributed by atoms with Crippen LogP contribution in [-0.4, -0.2) is 34.6 Å². The van der Waals surface area contributed by atoms with Gasteiger partial charge in [0.05, 0.1) is 7.11 Å². The number of rotatable bonds is 6. The Morgan fingerprint density at radius 1 is 1.14 bits per heavy atom. The number of ether oxygens (including phenoxy) is 1. The van der Waals surface area contributed by atoms with E-state index < -0.39 is 0 Å². The SMILES string of the molecule is CCCNc1nc(NC2CCC(C)(C)CC2)nc(OC)n1. The summed E-state index contributed by atoms with van der Waals surface area (Å²) in [5.74, 6) is 1.17. The number of nitrogens with zero attached hydrogens (tertiary/aromatic N) is 3. The number of hydrogen-bond acceptors (Lipinski definition) is 6. The fourth-order valence-corrected chi connectivity index (χ4v) is 2.55. The van der Waals surface area contributed by atoms with E-state index in [1.165, 1.54) is 12.8 Å². The van der Waals surface area contributed by atoms with E-state index in [9.17, 15) is 0 Å². The van der Waals surface area contributed by atoms with Gasteiger partial charge < -0.3 is 15.4 Å². The van der Waals surface area contributed by atoms with E-state index in [-0.39, 0.29) is 0 Å². The molecule has 1 aromatic rings. The molecule has 0 atom stereocenters. The summed E-state index contributed by atoms with van der Waals surface area (Å²) < 4.78 is 5.16. The van der Waals surface area contributed by atoms with Crippen molar-refractivity contribution in [1.82, 2.24) is 15.0 Å². The molecule has 1 aliphatic carbocycles. The van der Waals surface area contributed by atoms with Crippen molar-refractivity contribution in [3.8, 4) is 6.01 Å². The van der Waals surface area contributed by atoms with Gasteiger partial charge in [0.15, 0.2) is 0 Å². The summed E-state index contributed by atoms with van der Waals surface area (Å²) in [6, 6.07) is 0.784. The second kappa shape index (κ2) is 6.91. The highest BCUT2D eigenvalue weighted by Gasteiger charge is 2.27. The van der Waals surface area contributed by atoms with E-state index in [1.54, 1.807) is 7.11 Å². The highest BCUT2D eigenvalue weighted by molar-refractivity contribution is 5.36.